The maximum absolute atomic E-state index is 5.57. The summed E-state index contributed by atoms with van der Waals surface area (Å²) in [6.45, 7) is 5.84. The average molecular weight is 276 g/mol. The first-order valence-corrected chi connectivity index (χ1v) is 6.36. The summed E-state index contributed by atoms with van der Waals surface area (Å²) in [7, 11) is 0. The largest absolute Gasteiger partial charge is 0.388 e. The Labute approximate surface area is 117 Å². The lowest BCUT2D eigenvalue weighted by Gasteiger charge is -2.14. The van der Waals surface area contributed by atoms with Gasteiger partial charge < -0.3 is 15.6 Å². The first-order chi connectivity index (χ1) is 8.99. The molecule has 0 bridgehead atoms. The molecule has 0 aromatic carbocycles. The van der Waals surface area contributed by atoms with Crippen LogP contribution in [0.2, 0.25) is 0 Å². The summed E-state index contributed by atoms with van der Waals surface area (Å²) in [5.41, 5.74) is 8.10. The van der Waals surface area contributed by atoms with E-state index in [0.717, 1.165) is 22.8 Å². The molecular weight excluding hydrogens is 260 g/mol. The smallest absolute Gasteiger partial charge is 0.139 e. The standard InChI is InChI=1S/C13H16N4OS/c1-7(12-8(2)17-18-9(12)3)15-11-6-4-5-10(16-11)13(14)19/h4-7H,1-3H3,(H2,14,19)(H,15,16). The van der Waals surface area contributed by atoms with E-state index in [1.54, 1.807) is 6.07 Å². The van der Waals surface area contributed by atoms with Crippen LogP contribution in [0, 0.1) is 13.8 Å². The van der Waals surface area contributed by atoms with Crippen LogP contribution in [0.1, 0.15) is 35.7 Å². The first-order valence-electron chi connectivity index (χ1n) is 5.95. The number of hydrogen-bond acceptors (Lipinski definition) is 5. The maximum Gasteiger partial charge on any atom is 0.139 e. The van der Waals surface area contributed by atoms with Crippen LogP contribution in [-0.2, 0) is 0 Å². The quantitative estimate of drug-likeness (QED) is 0.835. The Hall–Kier alpha value is -1.95. The van der Waals surface area contributed by atoms with Crippen LogP contribution >= 0.6 is 12.2 Å². The van der Waals surface area contributed by atoms with E-state index in [2.05, 4.69) is 15.5 Å². The summed E-state index contributed by atoms with van der Waals surface area (Å²) in [5.74, 6) is 1.53. The minimum atomic E-state index is 0.0420. The van der Waals surface area contributed by atoms with E-state index >= 15 is 0 Å². The van der Waals surface area contributed by atoms with E-state index in [1.807, 2.05) is 32.9 Å². The number of aryl methyl sites for hydroxylation is 2. The van der Waals surface area contributed by atoms with E-state index in [9.17, 15) is 0 Å². The van der Waals surface area contributed by atoms with Crippen LogP contribution in [0.25, 0.3) is 0 Å². The second-order valence-corrected chi connectivity index (χ2v) is 4.82. The van der Waals surface area contributed by atoms with Crippen LogP contribution in [-0.4, -0.2) is 15.1 Å². The number of rotatable bonds is 4. The number of anilines is 1. The van der Waals surface area contributed by atoms with Gasteiger partial charge in [0.05, 0.1) is 17.4 Å². The number of nitrogens with one attached hydrogen (secondary N) is 1. The molecule has 0 spiro atoms. The normalized spacial score (nSPS) is 12.2. The highest BCUT2D eigenvalue weighted by atomic mass is 32.1. The van der Waals surface area contributed by atoms with Crippen molar-refractivity contribution in [3.63, 3.8) is 0 Å². The van der Waals surface area contributed by atoms with Gasteiger partial charge in [0.15, 0.2) is 0 Å². The number of nitrogens with zero attached hydrogens (tertiary/aromatic N) is 2. The van der Waals surface area contributed by atoms with Gasteiger partial charge in [-0.15, -0.1) is 0 Å². The number of aromatic nitrogens is 2. The lowest BCUT2D eigenvalue weighted by Crippen LogP contribution is -2.14. The third-order valence-electron chi connectivity index (χ3n) is 2.89. The molecule has 2 rings (SSSR count). The molecular formula is C13H16N4OS. The predicted octanol–water partition coefficient (Wildman–Crippen LogP) is 2.49. The minimum absolute atomic E-state index is 0.0420. The lowest BCUT2D eigenvalue weighted by atomic mass is 10.1. The van der Waals surface area contributed by atoms with E-state index < -0.39 is 0 Å². The number of thiocarbonyl (C=S) groups is 1. The first kappa shape index (κ1) is 13.5. The molecule has 0 aliphatic rings. The topological polar surface area (TPSA) is 77.0 Å². The third-order valence-corrected chi connectivity index (χ3v) is 3.10. The molecule has 0 aliphatic carbocycles. The molecule has 0 radical (unpaired) electrons. The SMILES string of the molecule is Cc1noc(C)c1C(C)Nc1cccc(C(N)=S)n1. The number of pyridine rings is 1. The van der Waals surface area contributed by atoms with Crippen molar-refractivity contribution in [1.82, 2.24) is 10.1 Å². The van der Waals surface area contributed by atoms with E-state index in [0.29, 0.717) is 5.69 Å². The van der Waals surface area contributed by atoms with Gasteiger partial charge in [0, 0.05) is 5.56 Å². The monoisotopic (exact) mass is 276 g/mol. The van der Waals surface area contributed by atoms with E-state index in [4.69, 9.17) is 22.5 Å². The van der Waals surface area contributed by atoms with Crippen LogP contribution in [0.5, 0.6) is 0 Å². The summed E-state index contributed by atoms with van der Waals surface area (Å²) in [5, 5.41) is 7.24. The second-order valence-electron chi connectivity index (χ2n) is 4.38. The van der Waals surface area contributed by atoms with Gasteiger partial charge in [-0.3, -0.25) is 0 Å². The molecule has 5 nitrogen and oxygen atoms in total. The zero-order valence-corrected chi connectivity index (χ0v) is 11.9. The fourth-order valence-electron chi connectivity index (χ4n) is 2.05. The van der Waals surface area contributed by atoms with Crippen molar-refractivity contribution in [3.8, 4) is 0 Å². The number of nitrogens with two attached hydrogens (primary N) is 1. The van der Waals surface area contributed by atoms with Gasteiger partial charge in [-0.1, -0.05) is 23.4 Å². The van der Waals surface area contributed by atoms with Crippen LogP contribution in [0.4, 0.5) is 5.82 Å². The fraction of sp³-hybridized carbons (Fsp3) is 0.308. The van der Waals surface area contributed by atoms with Gasteiger partial charge >= 0.3 is 0 Å². The van der Waals surface area contributed by atoms with Crippen molar-refractivity contribution >= 4 is 23.0 Å². The van der Waals surface area contributed by atoms with E-state index in [1.165, 1.54) is 0 Å². The van der Waals surface area contributed by atoms with Gasteiger partial charge in [-0.2, -0.15) is 0 Å². The zero-order valence-electron chi connectivity index (χ0n) is 11.1. The summed E-state index contributed by atoms with van der Waals surface area (Å²) >= 11 is 4.92. The Bertz CT molecular complexity index is 589. The fourth-order valence-corrected chi connectivity index (χ4v) is 2.17. The number of hydrogen-bond donors (Lipinski definition) is 2. The van der Waals surface area contributed by atoms with Crippen molar-refractivity contribution in [2.24, 2.45) is 5.73 Å². The zero-order chi connectivity index (χ0) is 14.0. The van der Waals surface area contributed by atoms with Gasteiger partial charge in [0.2, 0.25) is 0 Å². The summed E-state index contributed by atoms with van der Waals surface area (Å²) in [4.78, 5) is 4.64. The molecule has 0 amide bonds. The Balaban J connectivity index is 2.22. The molecule has 0 aliphatic heterocycles. The van der Waals surface area contributed by atoms with Gasteiger partial charge in [-0.25, -0.2) is 4.98 Å². The summed E-state index contributed by atoms with van der Waals surface area (Å²) in [6, 6.07) is 5.56. The molecule has 0 saturated heterocycles. The molecule has 2 aromatic heterocycles. The molecule has 3 N–H and O–H groups in total. The maximum atomic E-state index is 5.57. The second kappa shape index (κ2) is 5.36. The average Bonchev–Trinajstić information content (AvgIpc) is 2.69. The molecule has 2 heterocycles. The summed E-state index contributed by atoms with van der Waals surface area (Å²) < 4.78 is 5.16. The van der Waals surface area contributed by atoms with E-state index in [-0.39, 0.29) is 11.0 Å². The molecule has 100 valence electrons. The van der Waals surface area contributed by atoms with Crippen LogP contribution in [0.3, 0.4) is 0 Å². The molecule has 0 fully saturated rings. The van der Waals surface area contributed by atoms with Crippen molar-refractivity contribution in [2.45, 2.75) is 26.8 Å². The van der Waals surface area contributed by atoms with Crippen LogP contribution < -0.4 is 11.1 Å². The van der Waals surface area contributed by atoms with Gasteiger partial charge in [-0.05, 0) is 32.9 Å². The molecule has 6 heteroatoms. The van der Waals surface area contributed by atoms with Crippen molar-refractivity contribution in [2.75, 3.05) is 5.32 Å². The van der Waals surface area contributed by atoms with Crippen LogP contribution in [0.15, 0.2) is 22.7 Å². The predicted molar refractivity (Wildman–Crippen MR) is 78.1 cm³/mol. The molecule has 19 heavy (non-hydrogen) atoms. The highest BCUT2D eigenvalue weighted by Crippen LogP contribution is 2.24. The molecule has 0 saturated carbocycles. The Morgan fingerprint density at radius 3 is 2.74 bits per heavy atom. The highest BCUT2D eigenvalue weighted by molar-refractivity contribution is 7.80. The Morgan fingerprint density at radius 2 is 2.16 bits per heavy atom. The van der Waals surface area contributed by atoms with Crippen molar-refractivity contribution in [1.29, 1.82) is 0 Å². The summed E-state index contributed by atoms with van der Waals surface area (Å²) in [6.07, 6.45) is 0. The third kappa shape index (κ3) is 2.90. The van der Waals surface area contributed by atoms with Crippen molar-refractivity contribution < 1.29 is 4.52 Å². The molecule has 1 unspecified atom stereocenters. The lowest BCUT2D eigenvalue weighted by molar-refractivity contribution is 0.392. The Morgan fingerprint density at radius 1 is 1.42 bits per heavy atom. The molecule has 1 atom stereocenters. The minimum Gasteiger partial charge on any atom is -0.388 e. The highest BCUT2D eigenvalue weighted by Gasteiger charge is 2.16. The van der Waals surface area contributed by atoms with Gasteiger partial charge in [0.25, 0.3) is 0 Å². The Kier molecular flexibility index (Phi) is 3.80. The molecule has 2 aromatic rings. The van der Waals surface area contributed by atoms with Crippen molar-refractivity contribution in [3.05, 3.63) is 40.9 Å². The van der Waals surface area contributed by atoms with Gasteiger partial charge in [0.1, 0.15) is 16.6 Å².